The maximum atomic E-state index is 12.7. The molecule has 0 saturated carbocycles. The van der Waals surface area contributed by atoms with Crippen molar-refractivity contribution < 1.29 is 29.0 Å². The number of ether oxygens (including phenoxy) is 2. The Morgan fingerprint density at radius 3 is 2.35 bits per heavy atom. The number of carbonyl (C=O) groups excluding carboxylic acids is 3. The first kappa shape index (κ1) is 31.5. The quantitative estimate of drug-likeness (QED) is 0.0524. The van der Waals surface area contributed by atoms with Crippen LogP contribution < -0.4 is 21.3 Å². The molecule has 1 aliphatic heterocycles. The molecule has 11 nitrogen and oxygen atoms in total. The van der Waals surface area contributed by atoms with Crippen molar-refractivity contribution in [2.45, 2.75) is 31.7 Å². The number of carbonyl (C=O) groups is 3. The van der Waals surface area contributed by atoms with E-state index in [1.807, 2.05) is 48.5 Å². The highest BCUT2D eigenvalue weighted by Crippen LogP contribution is 2.29. The highest BCUT2D eigenvalue weighted by Gasteiger charge is 2.27. The first-order valence-electron chi connectivity index (χ1n) is 13.7. The van der Waals surface area contributed by atoms with Crippen LogP contribution in [0.2, 0.25) is 0 Å². The SMILES string of the molecule is Cl.NNC(=O)c1cc(-c2ccc(-c3ccc(OCCCCO)cc3)cc2)nc2cc(C(=O)OC(=O)[C@H]3CCCN3)ncc12. The van der Waals surface area contributed by atoms with Crippen LogP contribution in [0.4, 0.5) is 0 Å². The molecule has 5 N–H and O–H groups in total. The molecule has 224 valence electrons. The number of hydrogen-bond donors (Lipinski definition) is 4. The minimum atomic E-state index is -0.890. The van der Waals surface area contributed by atoms with Crippen molar-refractivity contribution in [1.29, 1.82) is 0 Å². The topological polar surface area (TPSA) is 166 Å². The first-order valence-corrected chi connectivity index (χ1v) is 13.7. The number of aliphatic hydroxyl groups excluding tert-OH is 1. The molecule has 0 radical (unpaired) electrons. The van der Waals surface area contributed by atoms with Gasteiger partial charge in [0.15, 0.2) is 5.69 Å². The first-order chi connectivity index (χ1) is 20.5. The summed E-state index contributed by atoms with van der Waals surface area (Å²) in [6.07, 6.45) is 4.27. The molecule has 12 heteroatoms. The van der Waals surface area contributed by atoms with E-state index >= 15 is 0 Å². The van der Waals surface area contributed by atoms with Gasteiger partial charge < -0.3 is 19.9 Å². The maximum absolute atomic E-state index is 12.7. The van der Waals surface area contributed by atoms with Gasteiger partial charge >= 0.3 is 11.9 Å². The van der Waals surface area contributed by atoms with E-state index < -0.39 is 23.9 Å². The third-order valence-corrected chi connectivity index (χ3v) is 7.01. The van der Waals surface area contributed by atoms with Crippen molar-refractivity contribution in [2.24, 2.45) is 5.84 Å². The molecule has 2 aromatic heterocycles. The lowest BCUT2D eigenvalue weighted by atomic mass is 10.0. The number of unbranched alkanes of at least 4 members (excludes halogenated alkanes) is 1. The Hall–Kier alpha value is -4.42. The van der Waals surface area contributed by atoms with Crippen LogP contribution in [0.1, 0.15) is 46.5 Å². The van der Waals surface area contributed by atoms with Gasteiger partial charge in [-0.05, 0) is 67.6 Å². The van der Waals surface area contributed by atoms with Crippen LogP contribution in [0.25, 0.3) is 33.3 Å². The fraction of sp³-hybridized carbons (Fsp3) is 0.258. The zero-order chi connectivity index (χ0) is 29.5. The van der Waals surface area contributed by atoms with Crippen molar-refractivity contribution in [3.05, 3.63) is 78.1 Å². The Balaban J connectivity index is 0.00000423. The van der Waals surface area contributed by atoms with Crippen molar-refractivity contribution in [3.8, 4) is 28.1 Å². The van der Waals surface area contributed by atoms with Crippen molar-refractivity contribution >= 4 is 41.2 Å². The highest BCUT2D eigenvalue weighted by atomic mass is 35.5. The molecule has 5 rings (SSSR count). The summed E-state index contributed by atoms with van der Waals surface area (Å²) in [5, 5.41) is 12.3. The molecular formula is C31H32ClN5O6. The maximum Gasteiger partial charge on any atom is 0.364 e. The van der Waals surface area contributed by atoms with Gasteiger partial charge in [0, 0.05) is 23.8 Å². The number of rotatable bonds is 10. The van der Waals surface area contributed by atoms with E-state index in [2.05, 4.69) is 20.7 Å². The van der Waals surface area contributed by atoms with Gasteiger partial charge in [0.25, 0.3) is 5.91 Å². The van der Waals surface area contributed by atoms with Crippen LogP contribution in [-0.2, 0) is 9.53 Å². The number of nitrogen functional groups attached to an aromatic ring is 1. The molecule has 0 aliphatic carbocycles. The van der Waals surface area contributed by atoms with E-state index in [-0.39, 0.29) is 30.3 Å². The smallest absolute Gasteiger partial charge is 0.364 e. The molecule has 1 amide bonds. The Morgan fingerprint density at radius 1 is 1.00 bits per heavy atom. The summed E-state index contributed by atoms with van der Waals surface area (Å²) in [6.45, 7) is 1.39. The molecule has 0 bridgehead atoms. The molecule has 1 aliphatic rings. The number of nitrogens with two attached hydrogens (primary N) is 1. The molecule has 1 saturated heterocycles. The summed E-state index contributed by atoms with van der Waals surface area (Å²) >= 11 is 0. The van der Waals surface area contributed by atoms with E-state index in [1.165, 1.54) is 12.3 Å². The average molecular weight is 606 g/mol. The van der Waals surface area contributed by atoms with Crippen molar-refractivity contribution in [1.82, 2.24) is 20.7 Å². The molecule has 0 unspecified atom stereocenters. The number of hydrazine groups is 1. The molecule has 1 fully saturated rings. The number of nitrogens with one attached hydrogen (secondary N) is 2. The van der Waals surface area contributed by atoms with Crippen molar-refractivity contribution in [2.75, 3.05) is 19.8 Å². The van der Waals surface area contributed by atoms with Crippen LogP contribution in [0, 0.1) is 0 Å². The second-order valence-electron chi connectivity index (χ2n) is 9.85. The van der Waals surface area contributed by atoms with Gasteiger partial charge in [-0.3, -0.25) is 10.2 Å². The lowest BCUT2D eigenvalue weighted by Gasteiger charge is -2.11. The van der Waals surface area contributed by atoms with Crippen LogP contribution in [0.3, 0.4) is 0 Å². The van der Waals surface area contributed by atoms with Crippen LogP contribution in [0.5, 0.6) is 5.75 Å². The molecule has 1 atom stereocenters. The molecule has 4 aromatic rings. The molecule has 2 aromatic carbocycles. The third kappa shape index (κ3) is 7.51. The van der Waals surface area contributed by atoms with Crippen molar-refractivity contribution in [3.63, 3.8) is 0 Å². The average Bonchev–Trinajstić information content (AvgIpc) is 3.58. The van der Waals surface area contributed by atoms with E-state index in [9.17, 15) is 14.4 Å². The number of nitrogens with zero attached hydrogens (tertiary/aromatic N) is 2. The number of halogens is 1. The summed E-state index contributed by atoms with van der Waals surface area (Å²) in [5.74, 6) is 4.11. The van der Waals surface area contributed by atoms with E-state index in [1.54, 1.807) is 6.07 Å². The van der Waals surface area contributed by atoms with E-state index in [4.69, 9.17) is 20.4 Å². The van der Waals surface area contributed by atoms with Gasteiger partial charge in [0.2, 0.25) is 0 Å². The van der Waals surface area contributed by atoms with Crippen LogP contribution in [-0.4, -0.2) is 58.7 Å². The number of aliphatic hydroxyl groups is 1. The lowest BCUT2D eigenvalue weighted by Crippen LogP contribution is -2.34. The number of hydrogen-bond acceptors (Lipinski definition) is 10. The van der Waals surface area contributed by atoms with Gasteiger partial charge in [-0.15, -0.1) is 12.4 Å². The van der Waals surface area contributed by atoms with E-state index in [0.29, 0.717) is 42.6 Å². The van der Waals surface area contributed by atoms with Gasteiger partial charge in [0.1, 0.15) is 11.8 Å². The standard InChI is InChI=1S/C31H31N5O6.ClH/c32-36-29(38)23-16-26(21-7-5-19(6-8-21)20-9-11-22(12-10-20)41-15-2-1-14-37)35-27-17-28(34-18-24(23)27)31(40)42-30(39)25-4-3-13-33-25;/h5-12,16-18,25,33,37H,1-4,13-15,32H2,(H,36,38);1H/t25-;/m1./s1. The summed E-state index contributed by atoms with van der Waals surface area (Å²) < 4.78 is 10.7. The largest absolute Gasteiger partial charge is 0.494 e. The molecule has 3 heterocycles. The number of pyridine rings is 2. The Morgan fingerprint density at radius 2 is 1.70 bits per heavy atom. The zero-order valence-electron chi connectivity index (χ0n) is 23.2. The van der Waals surface area contributed by atoms with Crippen LogP contribution >= 0.6 is 12.4 Å². The highest BCUT2D eigenvalue weighted by molar-refractivity contribution is 6.08. The van der Waals surface area contributed by atoms with Crippen LogP contribution in [0.15, 0.2) is 66.9 Å². The molecule has 0 spiro atoms. The minimum absolute atomic E-state index is 0. The Labute approximate surface area is 254 Å². The summed E-state index contributed by atoms with van der Waals surface area (Å²) in [5.41, 5.74) is 5.78. The Kier molecular flexibility index (Phi) is 10.7. The third-order valence-electron chi connectivity index (χ3n) is 7.01. The monoisotopic (exact) mass is 605 g/mol. The number of amides is 1. The molecular weight excluding hydrogens is 574 g/mol. The number of esters is 2. The number of aromatic nitrogens is 2. The lowest BCUT2D eigenvalue weighted by molar-refractivity contribution is -0.140. The molecule has 43 heavy (non-hydrogen) atoms. The number of benzene rings is 2. The van der Waals surface area contributed by atoms with Gasteiger partial charge in [-0.2, -0.15) is 0 Å². The number of fused-ring (bicyclic) bond motifs is 1. The predicted molar refractivity (Wildman–Crippen MR) is 163 cm³/mol. The van der Waals surface area contributed by atoms with Gasteiger partial charge in [0.05, 0.1) is 23.4 Å². The van der Waals surface area contributed by atoms with Gasteiger partial charge in [-0.25, -0.2) is 25.4 Å². The Bertz CT molecular complexity index is 1590. The van der Waals surface area contributed by atoms with E-state index in [0.717, 1.165) is 35.3 Å². The minimum Gasteiger partial charge on any atom is -0.494 e. The zero-order valence-corrected chi connectivity index (χ0v) is 24.1. The second-order valence-corrected chi connectivity index (χ2v) is 9.85. The van der Waals surface area contributed by atoms with Gasteiger partial charge in [-0.1, -0.05) is 36.4 Å². The fourth-order valence-electron chi connectivity index (χ4n) is 4.73. The second kappa shape index (κ2) is 14.7. The summed E-state index contributed by atoms with van der Waals surface area (Å²) in [4.78, 5) is 46.4. The fourth-order valence-corrected chi connectivity index (χ4v) is 4.73. The summed E-state index contributed by atoms with van der Waals surface area (Å²) in [6, 6.07) is 17.9. The summed E-state index contributed by atoms with van der Waals surface area (Å²) in [7, 11) is 0. The predicted octanol–water partition coefficient (Wildman–Crippen LogP) is 3.58. The normalized spacial score (nSPS) is 14.1.